The number of nitrogens with zero attached hydrogens (tertiary/aromatic N) is 1. The smallest absolute Gasteiger partial charge is 0.232 e. The third kappa shape index (κ3) is 4.28. The number of benzene rings is 3. The Morgan fingerprint density at radius 2 is 1.45 bits per heavy atom. The molecule has 1 heterocycles. The highest BCUT2D eigenvalue weighted by Crippen LogP contribution is 2.36. The first-order valence-corrected chi connectivity index (χ1v) is 11.2. The van der Waals surface area contributed by atoms with Crippen LogP contribution < -0.4 is 5.32 Å². The van der Waals surface area contributed by atoms with Crippen LogP contribution in [-0.2, 0) is 6.54 Å². The summed E-state index contributed by atoms with van der Waals surface area (Å²) < 4.78 is 2.37. The van der Waals surface area contributed by atoms with E-state index in [0.717, 1.165) is 17.9 Å². The lowest BCUT2D eigenvalue weighted by Crippen LogP contribution is -2.30. The summed E-state index contributed by atoms with van der Waals surface area (Å²) in [6.45, 7) is 12.0. The van der Waals surface area contributed by atoms with E-state index in [-0.39, 0.29) is 0 Å². The molecule has 0 fully saturated rings. The van der Waals surface area contributed by atoms with Gasteiger partial charge in [-0.3, -0.25) is 0 Å². The summed E-state index contributed by atoms with van der Waals surface area (Å²) in [5.41, 5.74) is 8.78. The zero-order chi connectivity index (χ0) is 22.0. The van der Waals surface area contributed by atoms with Crippen molar-refractivity contribution in [2.75, 3.05) is 5.32 Å². The summed E-state index contributed by atoms with van der Waals surface area (Å²) in [6.07, 6.45) is 0. The topological polar surface area (TPSA) is 15.0 Å². The molecule has 4 rings (SSSR count). The molecule has 0 amide bonds. The molecule has 31 heavy (non-hydrogen) atoms. The zero-order valence-corrected chi connectivity index (χ0v) is 19.2. The van der Waals surface area contributed by atoms with Gasteiger partial charge in [-0.2, -0.15) is 0 Å². The van der Waals surface area contributed by atoms with Gasteiger partial charge in [0, 0.05) is 28.2 Å². The average Bonchev–Trinajstić information content (AvgIpc) is 2.77. The number of nitrogens with one attached hydrogen (secondary N) is 1. The lowest BCUT2D eigenvalue weighted by molar-refractivity contribution is -0.459. The van der Waals surface area contributed by atoms with Crippen molar-refractivity contribution in [1.82, 2.24) is 0 Å². The number of fused-ring (bicyclic) bond motifs is 1. The Hall–Kier alpha value is -3.31. The predicted molar refractivity (Wildman–Crippen MR) is 131 cm³/mol. The van der Waals surface area contributed by atoms with Crippen LogP contribution in [-0.4, -0.2) is 10.4 Å². The maximum atomic E-state index is 3.73. The molecule has 0 saturated carbocycles. The summed E-state index contributed by atoms with van der Waals surface area (Å²) >= 11 is 0. The van der Waals surface area contributed by atoms with Crippen molar-refractivity contribution in [3.63, 3.8) is 0 Å². The second-order valence-corrected chi connectivity index (χ2v) is 8.88. The Balaban J connectivity index is 1.93. The molecule has 1 N–H and O–H groups in total. The van der Waals surface area contributed by atoms with Crippen LogP contribution in [0.4, 0.5) is 11.4 Å². The van der Waals surface area contributed by atoms with Crippen molar-refractivity contribution in [3.05, 3.63) is 94.5 Å². The standard InChI is InChI=1S/C29H30N2/c1-20(2)25-15-10-14-24-19-31(29-22(5)11-9-16-26(29)21(3)4)27(30-28(24)25)18-17-23-12-7-6-8-13-23/h6-16,20-21H,19H2,1-5H3/p+1. The molecule has 156 valence electrons. The minimum atomic E-state index is 0.432. The second kappa shape index (κ2) is 8.82. The van der Waals surface area contributed by atoms with Crippen LogP contribution in [0.25, 0.3) is 0 Å². The highest BCUT2D eigenvalue weighted by molar-refractivity contribution is 6.07. The molecule has 2 nitrogen and oxygen atoms in total. The van der Waals surface area contributed by atoms with E-state index in [0.29, 0.717) is 11.8 Å². The normalized spacial score (nSPS) is 13.0. The lowest BCUT2D eigenvalue weighted by atomic mass is 9.94. The third-order valence-electron chi connectivity index (χ3n) is 5.91. The van der Waals surface area contributed by atoms with E-state index in [4.69, 9.17) is 0 Å². The van der Waals surface area contributed by atoms with E-state index < -0.39 is 0 Å². The van der Waals surface area contributed by atoms with Crippen molar-refractivity contribution in [2.24, 2.45) is 0 Å². The summed E-state index contributed by atoms with van der Waals surface area (Å²) in [5, 5.41) is 3.73. The van der Waals surface area contributed by atoms with Crippen molar-refractivity contribution in [1.29, 1.82) is 0 Å². The van der Waals surface area contributed by atoms with Crippen LogP contribution in [0.2, 0.25) is 0 Å². The molecule has 0 radical (unpaired) electrons. The van der Waals surface area contributed by atoms with Crippen LogP contribution in [0, 0.1) is 18.8 Å². The largest absolute Gasteiger partial charge is 0.334 e. The summed E-state index contributed by atoms with van der Waals surface area (Å²) in [7, 11) is 0. The van der Waals surface area contributed by atoms with Gasteiger partial charge in [0.2, 0.25) is 0 Å². The Morgan fingerprint density at radius 3 is 2.16 bits per heavy atom. The molecule has 3 aromatic rings. The fraction of sp³-hybridized carbons (Fsp3) is 0.276. The van der Waals surface area contributed by atoms with Crippen LogP contribution in [0.1, 0.15) is 67.3 Å². The summed E-state index contributed by atoms with van der Waals surface area (Å²) in [6, 6.07) is 23.4. The molecule has 0 spiro atoms. The maximum absolute atomic E-state index is 3.73. The predicted octanol–water partition coefficient (Wildman–Crippen LogP) is 6.96. The van der Waals surface area contributed by atoms with Gasteiger partial charge in [0.05, 0.1) is 0 Å². The van der Waals surface area contributed by atoms with Gasteiger partial charge in [-0.1, -0.05) is 88.2 Å². The zero-order valence-electron chi connectivity index (χ0n) is 19.2. The Kier molecular flexibility index (Phi) is 5.96. The minimum absolute atomic E-state index is 0.432. The first kappa shape index (κ1) is 20.9. The SMILES string of the molecule is Cc1cccc(C(C)C)c1[N+]1=C(C#Cc2ccccc2)Nc2c(cccc2C(C)C)C1. The number of aryl methyl sites for hydroxylation is 1. The molecule has 0 aromatic heterocycles. The number of hydrogen-bond donors (Lipinski definition) is 1. The van der Waals surface area contributed by atoms with Crippen LogP contribution in [0.3, 0.4) is 0 Å². The van der Waals surface area contributed by atoms with Crippen LogP contribution in [0.15, 0.2) is 66.7 Å². The second-order valence-electron chi connectivity index (χ2n) is 8.88. The van der Waals surface area contributed by atoms with Gasteiger partial charge in [0.15, 0.2) is 0 Å². The number of hydrogen-bond acceptors (Lipinski definition) is 1. The minimum Gasteiger partial charge on any atom is -0.232 e. The number of para-hydroxylation sites is 2. The first-order valence-electron chi connectivity index (χ1n) is 11.2. The lowest BCUT2D eigenvalue weighted by Gasteiger charge is -2.24. The molecular weight excluding hydrogens is 376 g/mol. The van der Waals surface area contributed by atoms with Crippen molar-refractivity contribution in [2.45, 2.75) is 53.0 Å². The molecular formula is C29H31N2+. The Labute approximate surface area is 186 Å². The monoisotopic (exact) mass is 407 g/mol. The maximum Gasteiger partial charge on any atom is 0.334 e. The molecule has 0 aliphatic carbocycles. The summed E-state index contributed by atoms with van der Waals surface area (Å²) in [5.74, 6) is 8.66. The van der Waals surface area contributed by atoms with E-state index in [1.54, 1.807) is 0 Å². The molecule has 0 unspecified atom stereocenters. The molecule has 1 aliphatic heterocycles. The van der Waals surface area contributed by atoms with Gasteiger partial charge in [-0.05, 0) is 36.5 Å². The number of rotatable bonds is 3. The quantitative estimate of drug-likeness (QED) is 0.366. The fourth-order valence-electron chi connectivity index (χ4n) is 4.28. The van der Waals surface area contributed by atoms with E-state index in [2.05, 4.69) is 105 Å². The molecule has 0 bridgehead atoms. The summed E-state index contributed by atoms with van der Waals surface area (Å²) in [4.78, 5) is 0. The van der Waals surface area contributed by atoms with Gasteiger partial charge < -0.3 is 0 Å². The van der Waals surface area contributed by atoms with Gasteiger partial charge in [0.1, 0.15) is 17.9 Å². The third-order valence-corrected chi connectivity index (χ3v) is 5.91. The van der Waals surface area contributed by atoms with E-state index >= 15 is 0 Å². The van der Waals surface area contributed by atoms with E-state index in [1.807, 2.05) is 18.2 Å². The molecule has 3 aromatic carbocycles. The van der Waals surface area contributed by atoms with Crippen LogP contribution >= 0.6 is 0 Å². The molecule has 1 aliphatic rings. The van der Waals surface area contributed by atoms with Crippen LogP contribution in [0.5, 0.6) is 0 Å². The van der Waals surface area contributed by atoms with Gasteiger partial charge in [0.25, 0.3) is 0 Å². The molecule has 0 saturated heterocycles. The van der Waals surface area contributed by atoms with Crippen molar-refractivity contribution in [3.8, 4) is 11.8 Å². The molecule has 2 heteroatoms. The number of amidine groups is 1. The van der Waals surface area contributed by atoms with Gasteiger partial charge in [-0.25, -0.2) is 9.89 Å². The van der Waals surface area contributed by atoms with E-state index in [1.165, 1.54) is 33.6 Å². The number of anilines is 1. The highest BCUT2D eigenvalue weighted by Gasteiger charge is 2.29. The fourth-order valence-corrected chi connectivity index (χ4v) is 4.28. The van der Waals surface area contributed by atoms with E-state index in [9.17, 15) is 0 Å². The Bertz CT molecular complexity index is 1190. The van der Waals surface area contributed by atoms with Crippen molar-refractivity contribution < 1.29 is 4.58 Å². The Morgan fingerprint density at radius 1 is 0.774 bits per heavy atom. The van der Waals surface area contributed by atoms with Gasteiger partial charge in [-0.15, -0.1) is 0 Å². The molecule has 0 atom stereocenters. The highest BCUT2D eigenvalue weighted by atomic mass is 15.2. The van der Waals surface area contributed by atoms with Gasteiger partial charge >= 0.3 is 5.84 Å². The van der Waals surface area contributed by atoms with Crippen molar-refractivity contribution >= 4 is 17.2 Å². The first-order chi connectivity index (χ1) is 15.0. The average molecular weight is 408 g/mol.